The Kier molecular flexibility index (Phi) is 4.82. The van der Waals surface area contributed by atoms with Gasteiger partial charge < -0.3 is 19.0 Å². The van der Waals surface area contributed by atoms with Gasteiger partial charge in [0.2, 0.25) is 0 Å². The first kappa shape index (κ1) is 17.3. The Morgan fingerprint density at radius 1 is 1.38 bits per heavy atom. The Morgan fingerprint density at radius 3 is 3.04 bits per heavy atom. The summed E-state index contributed by atoms with van der Waals surface area (Å²) in [5, 5.41) is 3.12. The van der Waals surface area contributed by atoms with Gasteiger partial charge >= 0.3 is 0 Å². The smallest absolute Gasteiger partial charge is 0.293 e. The molecule has 3 heterocycles. The van der Waals surface area contributed by atoms with Crippen molar-refractivity contribution in [2.75, 3.05) is 31.6 Å². The van der Waals surface area contributed by atoms with Gasteiger partial charge in [0.1, 0.15) is 11.5 Å². The first-order chi connectivity index (χ1) is 12.6. The summed E-state index contributed by atoms with van der Waals surface area (Å²) in [7, 11) is 1.72. The van der Waals surface area contributed by atoms with Crippen LogP contribution in [0.15, 0.2) is 33.7 Å². The van der Waals surface area contributed by atoms with Gasteiger partial charge in [-0.05, 0) is 24.5 Å². The number of anilines is 1. The van der Waals surface area contributed by atoms with Crippen molar-refractivity contribution >= 4 is 5.82 Å². The highest BCUT2D eigenvalue weighted by Crippen LogP contribution is 2.47. The van der Waals surface area contributed by atoms with Crippen LogP contribution in [0, 0.1) is 5.92 Å². The van der Waals surface area contributed by atoms with Gasteiger partial charge in [-0.15, -0.1) is 0 Å². The molecule has 0 amide bonds. The number of hydrogen-bond donors (Lipinski definition) is 1. The standard InChI is InChI=1S/C19H26N4O3/c1-13-9-16(13)17-4-3-14(26-17)11-23-7-8-25-15(12-23)10-21-18-19(24)22(2)6-5-20-18/h3-6,13,15-16H,7-12H2,1-2H3,(H,20,21)/t13-,15+,16-/m1/s1. The zero-order chi connectivity index (χ0) is 18.1. The van der Waals surface area contributed by atoms with Gasteiger partial charge in [-0.2, -0.15) is 0 Å². The summed E-state index contributed by atoms with van der Waals surface area (Å²) < 4.78 is 13.4. The van der Waals surface area contributed by atoms with Crippen LogP contribution >= 0.6 is 0 Å². The summed E-state index contributed by atoms with van der Waals surface area (Å²) in [5.41, 5.74) is -0.127. The molecule has 0 unspecified atom stereocenters. The minimum atomic E-state index is -0.127. The van der Waals surface area contributed by atoms with Crippen LogP contribution < -0.4 is 10.9 Å². The molecule has 1 N–H and O–H groups in total. The van der Waals surface area contributed by atoms with Crippen LogP contribution in [0.4, 0.5) is 5.82 Å². The molecule has 7 nitrogen and oxygen atoms in total. The van der Waals surface area contributed by atoms with Crippen molar-refractivity contribution in [1.82, 2.24) is 14.5 Å². The SMILES string of the molecule is C[C@@H]1C[C@H]1c1ccc(CN2CCO[C@@H](CNc3nccn(C)c3=O)C2)o1. The van der Waals surface area contributed by atoms with Crippen LogP contribution in [0.2, 0.25) is 0 Å². The maximum Gasteiger partial charge on any atom is 0.293 e. The van der Waals surface area contributed by atoms with Gasteiger partial charge in [-0.25, -0.2) is 4.98 Å². The van der Waals surface area contributed by atoms with Crippen molar-refractivity contribution in [2.24, 2.45) is 13.0 Å². The molecule has 4 rings (SSSR count). The normalized spacial score (nSPS) is 26.0. The average Bonchev–Trinajstić information content (AvgIpc) is 3.18. The van der Waals surface area contributed by atoms with Crippen molar-refractivity contribution in [3.63, 3.8) is 0 Å². The second kappa shape index (κ2) is 7.25. The van der Waals surface area contributed by atoms with E-state index in [2.05, 4.69) is 34.3 Å². The predicted molar refractivity (Wildman–Crippen MR) is 98.2 cm³/mol. The number of aryl methyl sites for hydroxylation is 1. The zero-order valence-corrected chi connectivity index (χ0v) is 15.4. The molecule has 0 radical (unpaired) electrons. The van der Waals surface area contributed by atoms with Gasteiger partial charge in [0.15, 0.2) is 5.82 Å². The third kappa shape index (κ3) is 3.83. The topological polar surface area (TPSA) is 72.5 Å². The molecule has 2 aromatic heterocycles. The van der Waals surface area contributed by atoms with Gasteiger partial charge in [0.05, 0.1) is 19.3 Å². The van der Waals surface area contributed by atoms with Gasteiger partial charge in [-0.3, -0.25) is 9.69 Å². The Hall–Kier alpha value is -2.12. The van der Waals surface area contributed by atoms with Crippen LogP contribution in [0.3, 0.4) is 0 Å². The highest BCUT2D eigenvalue weighted by Gasteiger charge is 2.36. The van der Waals surface area contributed by atoms with E-state index in [0.717, 1.165) is 37.1 Å². The summed E-state index contributed by atoms with van der Waals surface area (Å²) in [5.74, 6) is 3.89. The first-order valence-electron chi connectivity index (χ1n) is 9.28. The monoisotopic (exact) mass is 358 g/mol. The fraction of sp³-hybridized carbons (Fsp3) is 0.579. The van der Waals surface area contributed by atoms with Crippen molar-refractivity contribution < 1.29 is 9.15 Å². The minimum absolute atomic E-state index is 0.0216. The Balaban J connectivity index is 1.30. The predicted octanol–water partition coefficient (Wildman–Crippen LogP) is 1.81. The van der Waals surface area contributed by atoms with E-state index in [1.54, 1.807) is 19.4 Å². The van der Waals surface area contributed by atoms with Crippen molar-refractivity contribution in [3.05, 3.63) is 46.4 Å². The lowest BCUT2D eigenvalue weighted by Crippen LogP contribution is -2.45. The summed E-state index contributed by atoms with van der Waals surface area (Å²) in [4.78, 5) is 18.5. The van der Waals surface area contributed by atoms with E-state index in [-0.39, 0.29) is 11.7 Å². The first-order valence-corrected chi connectivity index (χ1v) is 9.28. The molecule has 7 heteroatoms. The van der Waals surface area contributed by atoms with Crippen molar-refractivity contribution in [3.8, 4) is 0 Å². The van der Waals surface area contributed by atoms with E-state index in [4.69, 9.17) is 9.15 Å². The van der Waals surface area contributed by atoms with Gasteiger partial charge in [0.25, 0.3) is 5.56 Å². The van der Waals surface area contributed by atoms with Gasteiger partial charge in [0, 0.05) is 45.0 Å². The highest BCUT2D eigenvalue weighted by molar-refractivity contribution is 5.30. The summed E-state index contributed by atoms with van der Waals surface area (Å²) in [6.45, 7) is 5.99. The lowest BCUT2D eigenvalue weighted by atomic mass is 10.2. The number of morpholine rings is 1. The highest BCUT2D eigenvalue weighted by atomic mass is 16.5. The molecule has 3 atom stereocenters. The molecule has 1 saturated heterocycles. The molecule has 1 aliphatic carbocycles. The number of aromatic nitrogens is 2. The Bertz CT molecular complexity index is 815. The van der Waals surface area contributed by atoms with E-state index in [9.17, 15) is 4.79 Å². The van der Waals surface area contributed by atoms with E-state index >= 15 is 0 Å². The number of furan rings is 1. The molecule has 26 heavy (non-hydrogen) atoms. The fourth-order valence-electron chi connectivity index (χ4n) is 3.49. The molecule has 2 aromatic rings. The molecule has 0 spiro atoms. The Morgan fingerprint density at radius 2 is 2.23 bits per heavy atom. The molecule has 140 valence electrons. The van der Waals surface area contributed by atoms with Crippen LogP contribution in [-0.4, -0.2) is 46.8 Å². The molecular formula is C19H26N4O3. The molecule has 1 saturated carbocycles. The van der Waals surface area contributed by atoms with Gasteiger partial charge in [-0.1, -0.05) is 6.92 Å². The second-order valence-corrected chi connectivity index (χ2v) is 7.42. The fourth-order valence-corrected chi connectivity index (χ4v) is 3.49. The van der Waals surface area contributed by atoms with E-state index in [1.807, 2.05) is 0 Å². The maximum absolute atomic E-state index is 12.0. The number of hydrogen-bond acceptors (Lipinski definition) is 6. The zero-order valence-electron chi connectivity index (χ0n) is 15.4. The third-order valence-electron chi connectivity index (χ3n) is 5.27. The molecule has 1 aliphatic heterocycles. The second-order valence-electron chi connectivity index (χ2n) is 7.42. The molecule has 2 fully saturated rings. The van der Waals surface area contributed by atoms with Crippen LogP contribution in [0.25, 0.3) is 0 Å². The van der Waals surface area contributed by atoms with E-state index in [0.29, 0.717) is 24.9 Å². The number of nitrogens with zero attached hydrogens (tertiary/aromatic N) is 3. The van der Waals surface area contributed by atoms with Crippen LogP contribution in [0.5, 0.6) is 0 Å². The summed E-state index contributed by atoms with van der Waals surface area (Å²) in [6, 6.07) is 4.22. The number of nitrogens with one attached hydrogen (secondary N) is 1. The number of rotatable bonds is 6. The van der Waals surface area contributed by atoms with Crippen LogP contribution in [-0.2, 0) is 18.3 Å². The minimum Gasteiger partial charge on any atom is -0.464 e. The van der Waals surface area contributed by atoms with E-state index < -0.39 is 0 Å². The molecule has 0 bridgehead atoms. The Labute approximate surface area is 153 Å². The van der Waals surface area contributed by atoms with E-state index in [1.165, 1.54) is 11.0 Å². The lowest BCUT2D eigenvalue weighted by molar-refractivity contribution is -0.0260. The largest absolute Gasteiger partial charge is 0.464 e. The molecular weight excluding hydrogens is 332 g/mol. The van der Waals surface area contributed by atoms with Crippen molar-refractivity contribution in [2.45, 2.75) is 31.9 Å². The van der Waals surface area contributed by atoms with Crippen LogP contribution in [0.1, 0.15) is 30.8 Å². The lowest BCUT2D eigenvalue weighted by Gasteiger charge is -2.32. The molecule has 2 aliphatic rings. The summed E-state index contributed by atoms with van der Waals surface area (Å²) in [6.07, 6.45) is 4.53. The number of ether oxygens (including phenoxy) is 1. The molecule has 0 aromatic carbocycles. The summed E-state index contributed by atoms with van der Waals surface area (Å²) >= 11 is 0. The maximum atomic E-state index is 12.0. The quantitative estimate of drug-likeness (QED) is 0.849. The average molecular weight is 358 g/mol. The van der Waals surface area contributed by atoms with Crippen molar-refractivity contribution in [1.29, 1.82) is 0 Å². The third-order valence-corrected chi connectivity index (χ3v) is 5.27.